The number of hydrogen-bond acceptors (Lipinski definition) is 8. The van der Waals surface area contributed by atoms with Gasteiger partial charge in [0.05, 0.1) is 24.6 Å². The van der Waals surface area contributed by atoms with Crippen molar-refractivity contribution in [2.45, 2.75) is 44.6 Å². The van der Waals surface area contributed by atoms with Crippen molar-refractivity contribution in [1.29, 1.82) is 0 Å². The molecule has 0 spiro atoms. The van der Waals surface area contributed by atoms with Gasteiger partial charge in [-0.15, -0.1) is 5.10 Å². The normalized spacial score (nSPS) is 20.8. The fraction of sp³-hybridized carbons (Fsp3) is 0.522. The molecule has 2 aliphatic heterocycles. The number of aromatic nitrogens is 3. The SMILES string of the molecule is Cc1ccc(N2CCC3OCCCC3(COc3cccnc3)C2)nn1.O=C(O)C(F)(F)F.O=C(O)C(F)(F)F. The Morgan fingerprint density at radius 3 is 2.26 bits per heavy atom. The number of alkyl halides is 6. The predicted molar refractivity (Wildman–Crippen MR) is 122 cm³/mol. The quantitative estimate of drug-likeness (QED) is 0.523. The Labute approximate surface area is 218 Å². The summed E-state index contributed by atoms with van der Waals surface area (Å²) in [5.41, 5.74) is 0.924. The Morgan fingerprint density at radius 2 is 1.74 bits per heavy atom. The van der Waals surface area contributed by atoms with Crippen LogP contribution in [-0.4, -0.2) is 82.1 Å². The van der Waals surface area contributed by atoms with E-state index in [-0.39, 0.29) is 11.5 Å². The van der Waals surface area contributed by atoms with Gasteiger partial charge in [0.25, 0.3) is 0 Å². The number of piperidine rings is 1. The van der Waals surface area contributed by atoms with E-state index in [0.717, 1.165) is 56.2 Å². The number of fused-ring (bicyclic) bond motifs is 1. The Balaban J connectivity index is 0.000000317. The second-order valence-corrected chi connectivity index (χ2v) is 8.65. The van der Waals surface area contributed by atoms with Gasteiger partial charge in [-0.1, -0.05) is 0 Å². The fourth-order valence-corrected chi connectivity index (χ4v) is 3.92. The van der Waals surface area contributed by atoms with Crippen LogP contribution in [0.3, 0.4) is 0 Å². The average molecular weight is 568 g/mol. The summed E-state index contributed by atoms with van der Waals surface area (Å²) in [4.78, 5) is 24.3. The van der Waals surface area contributed by atoms with Crippen LogP contribution in [0, 0.1) is 12.3 Å². The minimum absolute atomic E-state index is 0.0150. The molecule has 39 heavy (non-hydrogen) atoms. The van der Waals surface area contributed by atoms with E-state index in [1.807, 2.05) is 25.1 Å². The lowest BCUT2D eigenvalue weighted by Crippen LogP contribution is -2.57. The maximum absolute atomic E-state index is 10.6. The van der Waals surface area contributed by atoms with E-state index in [2.05, 4.69) is 26.1 Å². The maximum atomic E-state index is 10.6. The summed E-state index contributed by atoms with van der Waals surface area (Å²) in [6.45, 7) is 5.27. The standard InChI is InChI=1S/C19H24N4O2.2C2HF3O2/c1-15-5-6-18(22-21-15)23-10-7-17-19(13-23,8-3-11-24-17)14-25-16-4-2-9-20-12-16;2*3-2(4,5)1(6)7/h2,4-6,9,12,17H,3,7-8,10-11,13-14H2,1H3;2*(H,6,7). The van der Waals surface area contributed by atoms with E-state index >= 15 is 0 Å². The van der Waals surface area contributed by atoms with Crippen LogP contribution in [0.4, 0.5) is 32.2 Å². The molecule has 0 aromatic carbocycles. The van der Waals surface area contributed by atoms with Crippen LogP contribution in [0.5, 0.6) is 5.75 Å². The molecule has 0 amide bonds. The predicted octanol–water partition coefficient (Wildman–Crippen LogP) is 3.90. The number of anilines is 1. The third-order valence-corrected chi connectivity index (χ3v) is 5.74. The van der Waals surface area contributed by atoms with Crippen LogP contribution >= 0.6 is 0 Å². The van der Waals surface area contributed by atoms with Gasteiger partial charge in [-0.2, -0.15) is 31.4 Å². The van der Waals surface area contributed by atoms with Crippen LogP contribution in [0.1, 0.15) is 25.0 Å². The number of carbonyl (C=O) groups is 2. The monoisotopic (exact) mass is 568 g/mol. The zero-order chi connectivity index (χ0) is 29.3. The van der Waals surface area contributed by atoms with E-state index in [9.17, 15) is 26.3 Å². The van der Waals surface area contributed by atoms with Crippen LogP contribution in [0.25, 0.3) is 0 Å². The lowest BCUT2D eigenvalue weighted by atomic mass is 9.73. The highest BCUT2D eigenvalue weighted by molar-refractivity contribution is 5.73. The molecule has 0 saturated carbocycles. The van der Waals surface area contributed by atoms with Gasteiger partial charge in [0.15, 0.2) is 5.82 Å². The molecule has 16 heteroatoms. The number of nitrogens with zero attached hydrogens (tertiary/aromatic N) is 4. The number of hydrogen-bond donors (Lipinski definition) is 2. The minimum Gasteiger partial charge on any atom is -0.491 e. The molecule has 2 fully saturated rings. The molecule has 2 aliphatic rings. The van der Waals surface area contributed by atoms with Gasteiger partial charge in [-0.05, 0) is 50.5 Å². The molecule has 0 aliphatic carbocycles. The van der Waals surface area contributed by atoms with Crippen LogP contribution in [-0.2, 0) is 14.3 Å². The molecule has 2 atom stereocenters. The molecular weight excluding hydrogens is 542 g/mol. The molecule has 2 aromatic rings. The molecule has 0 radical (unpaired) electrons. The number of carboxylic acids is 2. The fourth-order valence-electron chi connectivity index (χ4n) is 3.92. The van der Waals surface area contributed by atoms with Gasteiger partial charge < -0.3 is 24.6 Å². The molecule has 2 aromatic heterocycles. The number of aliphatic carboxylic acids is 2. The van der Waals surface area contributed by atoms with Crippen molar-refractivity contribution in [2.75, 3.05) is 31.2 Å². The van der Waals surface area contributed by atoms with Crippen molar-refractivity contribution in [2.24, 2.45) is 5.41 Å². The van der Waals surface area contributed by atoms with Crippen LogP contribution in [0.15, 0.2) is 36.7 Å². The third-order valence-electron chi connectivity index (χ3n) is 5.74. The van der Waals surface area contributed by atoms with Crippen molar-refractivity contribution in [3.63, 3.8) is 0 Å². The molecule has 2 saturated heterocycles. The summed E-state index contributed by atoms with van der Waals surface area (Å²) in [5, 5.41) is 22.8. The molecule has 4 rings (SSSR count). The summed E-state index contributed by atoms with van der Waals surface area (Å²) in [6.07, 6.45) is -3.23. The molecule has 216 valence electrons. The molecule has 2 unspecified atom stereocenters. The smallest absolute Gasteiger partial charge is 0.490 e. The van der Waals surface area contributed by atoms with E-state index in [4.69, 9.17) is 29.3 Å². The Hall–Kier alpha value is -3.69. The van der Waals surface area contributed by atoms with Crippen molar-refractivity contribution in [3.8, 4) is 5.75 Å². The number of aryl methyl sites for hydroxylation is 1. The van der Waals surface area contributed by atoms with Crippen LogP contribution < -0.4 is 9.64 Å². The van der Waals surface area contributed by atoms with Gasteiger partial charge in [-0.3, -0.25) is 4.98 Å². The lowest BCUT2D eigenvalue weighted by molar-refractivity contribution is -0.193. The first-order valence-corrected chi connectivity index (χ1v) is 11.4. The second-order valence-electron chi connectivity index (χ2n) is 8.65. The highest BCUT2D eigenvalue weighted by Crippen LogP contribution is 2.41. The van der Waals surface area contributed by atoms with Gasteiger partial charge in [0.1, 0.15) is 5.75 Å². The zero-order valence-electron chi connectivity index (χ0n) is 20.6. The van der Waals surface area contributed by atoms with Gasteiger partial charge >= 0.3 is 24.3 Å². The first kappa shape index (κ1) is 31.5. The third kappa shape index (κ3) is 9.85. The van der Waals surface area contributed by atoms with Crippen LogP contribution in [0.2, 0.25) is 0 Å². The zero-order valence-corrected chi connectivity index (χ0v) is 20.6. The lowest BCUT2D eigenvalue weighted by Gasteiger charge is -2.50. The van der Waals surface area contributed by atoms with E-state index < -0.39 is 24.3 Å². The number of ether oxygens (including phenoxy) is 2. The number of rotatable bonds is 4. The van der Waals surface area contributed by atoms with Gasteiger partial charge in [0.2, 0.25) is 0 Å². The van der Waals surface area contributed by atoms with Gasteiger partial charge in [-0.25, -0.2) is 9.59 Å². The van der Waals surface area contributed by atoms with Gasteiger partial charge in [0, 0.05) is 31.3 Å². The first-order valence-electron chi connectivity index (χ1n) is 11.4. The summed E-state index contributed by atoms with van der Waals surface area (Å²) in [7, 11) is 0. The molecule has 4 heterocycles. The first-order chi connectivity index (χ1) is 18.1. The highest BCUT2D eigenvalue weighted by Gasteiger charge is 2.47. The Bertz CT molecular complexity index is 1050. The number of halogens is 6. The summed E-state index contributed by atoms with van der Waals surface area (Å²) >= 11 is 0. The topological polar surface area (TPSA) is 135 Å². The maximum Gasteiger partial charge on any atom is 0.490 e. The van der Waals surface area contributed by atoms with E-state index in [1.54, 1.807) is 12.4 Å². The summed E-state index contributed by atoms with van der Waals surface area (Å²) < 4.78 is 75.7. The highest BCUT2D eigenvalue weighted by atomic mass is 19.4. The Kier molecular flexibility index (Phi) is 10.8. The second kappa shape index (κ2) is 13.4. The van der Waals surface area contributed by atoms with Crippen molar-refractivity contribution in [3.05, 3.63) is 42.4 Å². The largest absolute Gasteiger partial charge is 0.491 e. The van der Waals surface area contributed by atoms with Crippen molar-refractivity contribution < 1.29 is 55.6 Å². The summed E-state index contributed by atoms with van der Waals surface area (Å²) in [6, 6.07) is 7.93. The minimum atomic E-state index is -5.08. The Morgan fingerprint density at radius 1 is 1.10 bits per heavy atom. The summed E-state index contributed by atoms with van der Waals surface area (Å²) in [5.74, 6) is -3.76. The van der Waals surface area contributed by atoms with Crippen molar-refractivity contribution in [1.82, 2.24) is 15.2 Å². The number of carboxylic acid groups (broad SMARTS) is 2. The molecular formula is C23H26F6N4O6. The number of pyridine rings is 1. The van der Waals surface area contributed by atoms with E-state index in [0.29, 0.717) is 6.61 Å². The molecule has 0 bridgehead atoms. The molecule has 2 N–H and O–H groups in total. The average Bonchev–Trinajstić information content (AvgIpc) is 2.88. The van der Waals surface area contributed by atoms with E-state index in [1.165, 1.54) is 0 Å². The van der Waals surface area contributed by atoms with Crippen molar-refractivity contribution >= 4 is 17.8 Å². The molecule has 10 nitrogen and oxygen atoms in total.